The smallest absolute Gasteiger partial charge is 0.339 e. The van der Waals surface area contributed by atoms with Crippen LogP contribution in [0.3, 0.4) is 0 Å². The van der Waals surface area contributed by atoms with Gasteiger partial charge in [-0.05, 0) is 31.0 Å². The van der Waals surface area contributed by atoms with Crippen LogP contribution in [-0.4, -0.2) is 24.8 Å². The Hall–Kier alpha value is -1.55. The molecule has 4 heteroatoms. The molecular formula is C13H18O4. The third-order valence-corrected chi connectivity index (χ3v) is 2.51. The van der Waals surface area contributed by atoms with Gasteiger partial charge in [-0.3, -0.25) is 0 Å². The van der Waals surface area contributed by atoms with Gasteiger partial charge in [0, 0.05) is 5.56 Å². The van der Waals surface area contributed by atoms with Gasteiger partial charge in [0.2, 0.25) is 0 Å². The number of benzene rings is 1. The SMILES string of the molecule is CCOC(=O)C(O)c1cc(CC)ccc1OC. The van der Waals surface area contributed by atoms with E-state index in [1.165, 1.54) is 7.11 Å². The standard InChI is InChI=1S/C13H18O4/c1-4-9-6-7-11(16-3)10(8-9)12(14)13(15)17-5-2/h6-8,12,14H,4-5H2,1-3H3. The summed E-state index contributed by atoms with van der Waals surface area (Å²) in [5.74, 6) is -0.165. The van der Waals surface area contributed by atoms with Gasteiger partial charge < -0.3 is 14.6 Å². The lowest BCUT2D eigenvalue weighted by Gasteiger charge is -2.14. The van der Waals surface area contributed by atoms with Crippen molar-refractivity contribution < 1.29 is 19.4 Å². The molecule has 1 rings (SSSR count). The number of esters is 1. The van der Waals surface area contributed by atoms with Crippen LogP contribution in [0.15, 0.2) is 18.2 Å². The van der Waals surface area contributed by atoms with E-state index in [0.29, 0.717) is 11.3 Å². The largest absolute Gasteiger partial charge is 0.496 e. The van der Waals surface area contributed by atoms with E-state index in [4.69, 9.17) is 9.47 Å². The molecule has 4 nitrogen and oxygen atoms in total. The van der Waals surface area contributed by atoms with Crippen molar-refractivity contribution in [2.45, 2.75) is 26.4 Å². The molecule has 17 heavy (non-hydrogen) atoms. The zero-order chi connectivity index (χ0) is 12.8. The molecule has 0 heterocycles. The minimum atomic E-state index is -1.30. The summed E-state index contributed by atoms with van der Waals surface area (Å²) in [6.45, 7) is 3.94. The zero-order valence-corrected chi connectivity index (χ0v) is 10.4. The highest BCUT2D eigenvalue weighted by Crippen LogP contribution is 2.27. The number of hydrogen-bond donors (Lipinski definition) is 1. The van der Waals surface area contributed by atoms with E-state index in [-0.39, 0.29) is 6.61 Å². The van der Waals surface area contributed by atoms with Gasteiger partial charge in [-0.2, -0.15) is 0 Å². The second kappa shape index (κ2) is 6.25. The van der Waals surface area contributed by atoms with Gasteiger partial charge in [0.1, 0.15) is 5.75 Å². The van der Waals surface area contributed by atoms with Crippen molar-refractivity contribution in [3.8, 4) is 5.75 Å². The second-order valence-electron chi connectivity index (χ2n) is 3.58. The van der Waals surface area contributed by atoms with Crippen molar-refractivity contribution in [1.29, 1.82) is 0 Å². The first kappa shape index (κ1) is 13.5. The lowest BCUT2D eigenvalue weighted by Crippen LogP contribution is -2.16. The maximum atomic E-state index is 11.5. The van der Waals surface area contributed by atoms with Gasteiger partial charge in [0.25, 0.3) is 0 Å². The first-order chi connectivity index (χ1) is 8.13. The predicted molar refractivity (Wildman–Crippen MR) is 64.0 cm³/mol. The van der Waals surface area contributed by atoms with Crippen LogP contribution in [0.2, 0.25) is 0 Å². The van der Waals surface area contributed by atoms with E-state index in [9.17, 15) is 9.90 Å². The summed E-state index contributed by atoms with van der Waals surface area (Å²) in [6.07, 6.45) is -0.469. The third-order valence-electron chi connectivity index (χ3n) is 2.51. The molecule has 0 fully saturated rings. The van der Waals surface area contributed by atoms with Crippen LogP contribution >= 0.6 is 0 Å². The van der Waals surface area contributed by atoms with Crippen molar-refractivity contribution >= 4 is 5.97 Å². The Morgan fingerprint density at radius 3 is 2.65 bits per heavy atom. The molecule has 94 valence electrons. The first-order valence-electron chi connectivity index (χ1n) is 5.65. The summed E-state index contributed by atoms with van der Waals surface area (Å²) >= 11 is 0. The monoisotopic (exact) mass is 238 g/mol. The predicted octanol–water partition coefficient (Wildman–Crippen LogP) is 1.85. The average Bonchev–Trinajstić information content (AvgIpc) is 2.37. The summed E-state index contributed by atoms with van der Waals surface area (Å²) < 4.78 is 9.91. The summed E-state index contributed by atoms with van der Waals surface area (Å²) in [6, 6.07) is 5.41. The Balaban J connectivity index is 3.04. The van der Waals surface area contributed by atoms with Gasteiger partial charge in [0.05, 0.1) is 13.7 Å². The molecular weight excluding hydrogens is 220 g/mol. The molecule has 0 radical (unpaired) electrons. The van der Waals surface area contributed by atoms with Gasteiger partial charge in [-0.15, -0.1) is 0 Å². The van der Waals surface area contributed by atoms with Gasteiger partial charge in [-0.1, -0.05) is 13.0 Å². The van der Waals surface area contributed by atoms with E-state index in [2.05, 4.69) is 0 Å². The number of aliphatic hydroxyl groups is 1. The number of carbonyl (C=O) groups is 1. The molecule has 0 amide bonds. The highest BCUT2D eigenvalue weighted by atomic mass is 16.5. The highest BCUT2D eigenvalue weighted by Gasteiger charge is 2.22. The van der Waals surface area contributed by atoms with Crippen molar-refractivity contribution in [1.82, 2.24) is 0 Å². The Morgan fingerprint density at radius 1 is 1.41 bits per heavy atom. The first-order valence-corrected chi connectivity index (χ1v) is 5.65. The lowest BCUT2D eigenvalue weighted by atomic mass is 10.0. The number of ether oxygens (including phenoxy) is 2. The number of methoxy groups -OCH3 is 1. The number of hydrogen-bond acceptors (Lipinski definition) is 4. The second-order valence-corrected chi connectivity index (χ2v) is 3.58. The molecule has 0 spiro atoms. The van der Waals surface area contributed by atoms with E-state index >= 15 is 0 Å². The van der Waals surface area contributed by atoms with Crippen LogP contribution in [0.25, 0.3) is 0 Å². The number of carbonyl (C=O) groups excluding carboxylic acids is 1. The molecule has 1 N–H and O–H groups in total. The molecule has 0 bridgehead atoms. The molecule has 0 aliphatic carbocycles. The Labute approximate surface area is 101 Å². The van der Waals surface area contributed by atoms with Crippen LogP contribution in [0.4, 0.5) is 0 Å². The molecule has 1 atom stereocenters. The fraction of sp³-hybridized carbons (Fsp3) is 0.462. The van der Waals surface area contributed by atoms with Crippen molar-refractivity contribution in [2.24, 2.45) is 0 Å². The highest BCUT2D eigenvalue weighted by molar-refractivity contribution is 5.77. The van der Waals surface area contributed by atoms with Crippen LogP contribution < -0.4 is 4.74 Å². The van der Waals surface area contributed by atoms with E-state index < -0.39 is 12.1 Å². The molecule has 0 aliphatic heterocycles. The van der Waals surface area contributed by atoms with E-state index in [1.54, 1.807) is 19.1 Å². The van der Waals surface area contributed by atoms with Crippen LogP contribution in [0, 0.1) is 0 Å². The molecule has 0 aliphatic rings. The molecule has 0 aromatic heterocycles. The summed E-state index contributed by atoms with van der Waals surface area (Å²) in [5.41, 5.74) is 1.48. The number of rotatable bonds is 5. The quantitative estimate of drug-likeness (QED) is 0.795. The minimum Gasteiger partial charge on any atom is -0.496 e. The lowest BCUT2D eigenvalue weighted by molar-refractivity contribution is -0.153. The van der Waals surface area contributed by atoms with Gasteiger partial charge in [-0.25, -0.2) is 4.79 Å². The van der Waals surface area contributed by atoms with Crippen molar-refractivity contribution in [3.05, 3.63) is 29.3 Å². The fourth-order valence-corrected chi connectivity index (χ4v) is 1.57. The van der Waals surface area contributed by atoms with E-state index in [0.717, 1.165) is 12.0 Å². The summed E-state index contributed by atoms with van der Waals surface area (Å²) in [4.78, 5) is 11.5. The number of aliphatic hydroxyl groups excluding tert-OH is 1. The topological polar surface area (TPSA) is 55.8 Å². The van der Waals surface area contributed by atoms with Gasteiger partial charge >= 0.3 is 5.97 Å². The Kier molecular flexibility index (Phi) is 4.97. The maximum absolute atomic E-state index is 11.5. The molecule has 1 unspecified atom stereocenters. The summed E-state index contributed by atoms with van der Waals surface area (Å²) in [7, 11) is 1.50. The summed E-state index contributed by atoms with van der Waals surface area (Å²) in [5, 5.41) is 9.90. The number of aryl methyl sites for hydroxylation is 1. The Bertz CT molecular complexity index is 387. The molecule has 0 saturated heterocycles. The van der Waals surface area contributed by atoms with Gasteiger partial charge in [0.15, 0.2) is 6.10 Å². The van der Waals surface area contributed by atoms with Crippen LogP contribution in [-0.2, 0) is 16.0 Å². The fourth-order valence-electron chi connectivity index (χ4n) is 1.57. The maximum Gasteiger partial charge on any atom is 0.339 e. The van der Waals surface area contributed by atoms with Crippen molar-refractivity contribution in [2.75, 3.05) is 13.7 Å². The zero-order valence-electron chi connectivity index (χ0n) is 10.4. The van der Waals surface area contributed by atoms with Crippen molar-refractivity contribution in [3.63, 3.8) is 0 Å². The molecule has 1 aromatic rings. The van der Waals surface area contributed by atoms with E-state index in [1.807, 2.05) is 13.0 Å². The normalized spacial score (nSPS) is 12.0. The average molecular weight is 238 g/mol. The Morgan fingerprint density at radius 2 is 2.12 bits per heavy atom. The molecule has 1 aromatic carbocycles. The van der Waals surface area contributed by atoms with Crippen LogP contribution in [0.1, 0.15) is 31.1 Å². The third kappa shape index (κ3) is 3.20. The minimum absolute atomic E-state index is 0.242. The van der Waals surface area contributed by atoms with Crippen LogP contribution in [0.5, 0.6) is 5.75 Å². The molecule has 0 saturated carbocycles.